The van der Waals surface area contributed by atoms with Crippen molar-refractivity contribution in [2.24, 2.45) is 5.14 Å². The highest BCUT2D eigenvalue weighted by atomic mass is 79.9. The third-order valence-electron chi connectivity index (χ3n) is 3.86. The lowest BCUT2D eigenvalue weighted by atomic mass is 10.1. The molecule has 0 aliphatic heterocycles. The molecule has 0 fully saturated rings. The monoisotopic (exact) mass is 448 g/mol. The molecule has 27 heavy (non-hydrogen) atoms. The lowest BCUT2D eigenvalue weighted by Crippen LogP contribution is -2.28. The Hall–Kier alpha value is -2.42. The summed E-state index contributed by atoms with van der Waals surface area (Å²) < 4.78 is 29.3. The van der Waals surface area contributed by atoms with Gasteiger partial charge in [-0.3, -0.25) is 4.79 Å². The lowest BCUT2D eigenvalue weighted by Gasteiger charge is -2.09. The summed E-state index contributed by atoms with van der Waals surface area (Å²) >= 11 is 3.43. The fourth-order valence-electron chi connectivity index (χ4n) is 2.52. The molecule has 0 heterocycles. The van der Waals surface area contributed by atoms with E-state index in [2.05, 4.69) is 21.2 Å². The molecule has 0 aliphatic rings. The van der Waals surface area contributed by atoms with E-state index in [1.54, 1.807) is 18.2 Å². The number of fused-ring (bicyclic) bond motifs is 1. The van der Waals surface area contributed by atoms with Gasteiger partial charge in [-0.2, -0.15) is 0 Å². The van der Waals surface area contributed by atoms with Crippen molar-refractivity contribution in [1.29, 1.82) is 0 Å². The standard InChI is InChI=1S/C19H17BrN2O4S/c20-16-6-4-15-10-17(7-5-14(15)9-16)26-12-19(23)22-11-13-2-1-3-18(8-13)27(21,24)25/h1-10H,11-12H2,(H,22,23)(H2,21,24,25). The maximum atomic E-state index is 12.0. The van der Waals surface area contributed by atoms with Crippen molar-refractivity contribution < 1.29 is 17.9 Å². The highest BCUT2D eigenvalue weighted by Crippen LogP contribution is 2.24. The van der Waals surface area contributed by atoms with Crippen LogP contribution < -0.4 is 15.2 Å². The van der Waals surface area contributed by atoms with E-state index in [9.17, 15) is 13.2 Å². The number of hydrogen-bond donors (Lipinski definition) is 2. The fourth-order valence-corrected chi connectivity index (χ4v) is 3.48. The van der Waals surface area contributed by atoms with Crippen LogP contribution in [0.4, 0.5) is 0 Å². The smallest absolute Gasteiger partial charge is 0.258 e. The second kappa shape index (κ2) is 8.08. The Balaban J connectivity index is 1.56. The summed E-state index contributed by atoms with van der Waals surface area (Å²) in [6, 6.07) is 17.6. The zero-order valence-electron chi connectivity index (χ0n) is 14.2. The van der Waals surface area contributed by atoms with Crippen LogP contribution in [0.1, 0.15) is 5.56 Å². The van der Waals surface area contributed by atoms with Crippen LogP contribution in [0.15, 0.2) is 70.0 Å². The van der Waals surface area contributed by atoms with E-state index in [4.69, 9.17) is 9.88 Å². The van der Waals surface area contributed by atoms with Gasteiger partial charge in [0.15, 0.2) is 6.61 Å². The SMILES string of the molecule is NS(=O)(=O)c1cccc(CNC(=O)COc2ccc3cc(Br)ccc3c2)c1. The number of halogens is 1. The van der Waals surface area contributed by atoms with Crippen LogP contribution in [0.2, 0.25) is 0 Å². The lowest BCUT2D eigenvalue weighted by molar-refractivity contribution is -0.123. The number of nitrogens with one attached hydrogen (secondary N) is 1. The molecule has 6 nitrogen and oxygen atoms in total. The highest BCUT2D eigenvalue weighted by Gasteiger charge is 2.09. The number of amides is 1. The van der Waals surface area contributed by atoms with E-state index < -0.39 is 10.0 Å². The Labute approximate surface area is 165 Å². The van der Waals surface area contributed by atoms with Crippen molar-refractivity contribution in [2.45, 2.75) is 11.4 Å². The van der Waals surface area contributed by atoms with E-state index in [0.29, 0.717) is 11.3 Å². The van der Waals surface area contributed by atoms with Crippen molar-refractivity contribution in [3.05, 3.63) is 70.7 Å². The number of sulfonamides is 1. The van der Waals surface area contributed by atoms with Crippen molar-refractivity contribution in [1.82, 2.24) is 5.32 Å². The third kappa shape index (κ3) is 5.29. The van der Waals surface area contributed by atoms with Gasteiger partial charge in [0.25, 0.3) is 5.91 Å². The highest BCUT2D eigenvalue weighted by molar-refractivity contribution is 9.10. The first-order valence-electron chi connectivity index (χ1n) is 8.02. The first-order valence-corrected chi connectivity index (χ1v) is 10.4. The van der Waals surface area contributed by atoms with Gasteiger partial charge < -0.3 is 10.1 Å². The van der Waals surface area contributed by atoms with Crippen molar-refractivity contribution >= 4 is 42.6 Å². The van der Waals surface area contributed by atoms with Gasteiger partial charge in [-0.15, -0.1) is 0 Å². The quantitative estimate of drug-likeness (QED) is 0.605. The zero-order chi connectivity index (χ0) is 19.4. The minimum atomic E-state index is -3.77. The summed E-state index contributed by atoms with van der Waals surface area (Å²) in [5.41, 5.74) is 0.631. The summed E-state index contributed by atoms with van der Waals surface area (Å²) in [7, 11) is -3.77. The van der Waals surface area contributed by atoms with Crippen LogP contribution in [0.5, 0.6) is 5.75 Å². The third-order valence-corrected chi connectivity index (χ3v) is 5.26. The van der Waals surface area contributed by atoms with Crippen molar-refractivity contribution in [3.63, 3.8) is 0 Å². The van der Waals surface area contributed by atoms with Crippen LogP contribution >= 0.6 is 15.9 Å². The molecule has 0 spiro atoms. The Morgan fingerprint density at radius 3 is 2.56 bits per heavy atom. The Bertz CT molecular complexity index is 1100. The largest absolute Gasteiger partial charge is 0.484 e. The number of nitrogens with two attached hydrogens (primary N) is 1. The molecular weight excluding hydrogens is 432 g/mol. The van der Waals surface area contributed by atoms with Gasteiger partial charge in [-0.1, -0.05) is 40.2 Å². The Morgan fingerprint density at radius 2 is 1.78 bits per heavy atom. The van der Waals surface area contributed by atoms with Crippen LogP contribution in [0, 0.1) is 0 Å². The first-order chi connectivity index (χ1) is 12.8. The number of carbonyl (C=O) groups is 1. The first kappa shape index (κ1) is 19.3. The number of benzene rings is 3. The summed E-state index contributed by atoms with van der Waals surface area (Å²) in [6.07, 6.45) is 0. The zero-order valence-corrected chi connectivity index (χ0v) is 16.6. The van der Waals surface area contributed by atoms with Gasteiger partial charge in [-0.25, -0.2) is 13.6 Å². The van der Waals surface area contributed by atoms with E-state index >= 15 is 0 Å². The van der Waals surface area contributed by atoms with E-state index in [1.807, 2.05) is 30.3 Å². The van der Waals surface area contributed by atoms with Gasteiger partial charge >= 0.3 is 0 Å². The second-order valence-electron chi connectivity index (χ2n) is 5.91. The van der Waals surface area contributed by atoms with Crippen LogP contribution in [-0.2, 0) is 21.4 Å². The van der Waals surface area contributed by atoms with Gasteiger partial charge in [0.05, 0.1) is 4.90 Å². The molecule has 140 valence electrons. The maximum Gasteiger partial charge on any atom is 0.258 e. The minimum Gasteiger partial charge on any atom is -0.484 e. The number of ether oxygens (including phenoxy) is 1. The van der Waals surface area contributed by atoms with Crippen molar-refractivity contribution in [2.75, 3.05) is 6.61 Å². The number of primary sulfonamides is 1. The molecule has 0 aromatic heterocycles. The van der Waals surface area contributed by atoms with Gasteiger partial charge in [0.2, 0.25) is 10.0 Å². The van der Waals surface area contributed by atoms with Gasteiger partial charge in [0, 0.05) is 11.0 Å². The fraction of sp³-hybridized carbons (Fsp3) is 0.105. The molecule has 0 unspecified atom stereocenters. The summed E-state index contributed by atoms with van der Waals surface area (Å²) in [6.45, 7) is 0.0359. The molecule has 0 saturated carbocycles. The summed E-state index contributed by atoms with van der Waals surface area (Å²) in [5, 5.41) is 9.87. The summed E-state index contributed by atoms with van der Waals surface area (Å²) in [5.74, 6) is 0.281. The molecule has 8 heteroatoms. The Morgan fingerprint density at radius 1 is 1.04 bits per heavy atom. The number of carbonyl (C=O) groups excluding carboxylic acids is 1. The van der Waals surface area contributed by atoms with E-state index in [-0.39, 0.29) is 24.0 Å². The molecule has 3 N–H and O–H groups in total. The van der Waals surface area contributed by atoms with Crippen LogP contribution in [0.25, 0.3) is 10.8 Å². The number of rotatable bonds is 6. The normalized spacial score (nSPS) is 11.3. The predicted octanol–water partition coefficient (Wildman–Crippen LogP) is 2.94. The molecule has 0 atom stereocenters. The summed E-state index contributed by atoms with van der Waals surface area (Å²) in [4.78, 5) is 12.0. The number of hydrogen-bond acceptors (Lipinski definition) is 4. The van der Waals surface area contributed by atoms with Gasteiger partial charge in [-0.05, 0) is 52.7 Å². The van der Waals surface area contributed by atoms with Gasteiger partial charge in [0.1, 0.15) is 5.75 Å². The van der Waals surface area contributed by atoms with Crippen LogP contribution in [0.3, 0.4) is 0 Å². The predicted molar refractivity (Wildman–Crippen MR) is 107 cm³/mol. The molecule has 3 aromatic rings. The average molecular weight is 449 g/mol. The molecule has 0 bridgehead atoms. The maximum absolute atomic E-state index is 12.0. The molecule has 1 amide bonds. The topological polar surface area (TPSA) is 98.5 Å². The molecular formula is C19H17BrN2O4S. The molecule has 0 saturated heterocycles. The van der Waals surface area contributed by atoms with Crippen molar-refractivity contribution in [3.8, 4) is 5.75 Å². The Kier molecular flexibility index (Phi) is 5.79. The van der Waals surface area contributed by atoms with E-state index in [0.717, 1.165) is 15.2 Å². The molecule has 0 radical (unpaired) electrons. The van der Waals surface area contributed by atoms with E-state index in [1.165, 1.54) is 12.1 Å². The minimum absolute atomic E-state index is 0.00768. The van der Waals surface area contributed by atoms with Crippen LogP contribution in [-0.4, -0.2) is 20.9 Å². The molecule has 3 aromatic carbocycles. The molecule has 3 rings (SSSR count). The average Bonchev–Trinajstić information content (AvgIpc) is 2.64. The molecule has 0 aliphatic carbocycles. The second-order valence-corrected chi connectivity index (χ2v) is 8.39.